The third kappa shape index (κ3) is 3.97. The van der Waals surface area contributed by atoms with Crippen LogP contribution in [0.4, 0.5) is 0 Å². The Morgan fingerprint density at radius 1 is 1.37 bits per heavy atom. The van der Waals surface area contributed by atoms with Gasteiger partial charge in [0.15, 0.2) is 5.76 Å². The van der Waals surface area contributed by atoms with E-state index in [9.17, 15) is 0 Å². The fraction of sp³-hybridized carbons (Fsp3) is 0.786. The summed E-state index contributed by atoms with van der Waals surface area (Å²) < 4.78 is 5.45. The van der Waals surface area contributed by atoms with Crippen LogP contribution in [0.1, 0.15) is 38.1 Å². The fourth-order valence-electron chi connectivity index (χ4n) is 2.68. The molecule has 0 amide bonds. The van der Waals surface area contributed by atoms with E-state index < -0.39 is 0 Å². The molecule has 1 aromatic rings. The Morgan fingerprint density at radius 2 is 2.11 bits per heavy atom. The van der Waals surface area contributed by atoms with Crippen molar-refractivity contribution < 1.29 is 4.52 Å². The van der Waals surface area contributed by atoms with E-state index in [4.69, 9.17) is 4.52 Å². The van der Waals surface area contributed by atoms with Crippen molar-refractivity contribution in [3.05, 3.63) is 17.5 Å². The topological polar surface area (TPSA) is 41.3 Å². The highest BCUT2D eigenvalue weighted by Crippen LogP contribution is 2.25. The molecule has 0 aromatic carbocycles. The molecule has 3 rings (SSSR count). The lowest BCUT2D eigenvalue weighted by Gasteiger charge is -2.33. The van der Waals surface area contributed by atoms with E-state index in [1.54, 1.807) is 0 Å². The lowest BCUT2D eigenvalue weighted by molar-refractivity contribution is 0.228. The van der Waals surface area contributed by atoms with Crippen molar-refractivity contribution in [3.8, 4) is 0 Å². The second-order valence-electron chi connectivity index (χ2n) is 5.89. The van der Waals surface area contributed by atoms with Gasteiger partial charge in [-0.15, -0.1) is 0 Å². The first-order chi connectivity index (χ1) is 9.19. The summed E-state index contributed by atoms with van der Waals surface area (Å²) in [4.78, 5) is 2.48. The van der Waals surface area contributed by atoms with Crippen LogP contribution in [0.5, 0.6) is 0 Å². The minimum atomic E-state index is 0.711. The van der Waals surface area contributed by atoms with Crippen LogP contribution in [0.2, 0.25) is 0 Å². The molecule has 2 unspecified atom stereocenters. The monoisotopic (exact) mass is 281 g/mol. The van der Waals surface area contributed by atoms with Gasteiger partial charge in [-0.1, -0.05) is 19.0 Å². The molecule has 0 bridgehead atoms. The predicted molar refractivity (Wildman–Crippen MR) is 78.2 cm³/mol. The molecule has 1 aliphatic carbocycles. The largest absolute Gasteiger partial charge is 0.360 e. The summed E-state index contributed by atoms with van der Waals surface area (Å²) >= 11 is 2.08. The van der Waals surface area contributed by atoms with Gasteiger partial charge in [0.25, 0.3) is 0 Å². The summed E-state index contributed by atoms with van der Waals surface area (Å²) in [5, 5.41) is 9.04. The van der Waals surface area contributed by atoms with Gasteiger partial charge in [-0.2, -0.15) is 11.8 Å². The Morgan fingerprint density at radius 3 is 2.79 bits per heavy atom. The van der Waals surface area contributed by atoms with E-state index in [2.05, 4.69) is 47.0 Å². The Bertz CT molecular complexity index is 409. The van der Waals surface area contributed by atoms with Gasteiger partial charge in [0.2, 0.25) is 0 Å². The minimum absolute atomic E-state index is 0.711. The normalized spacial score (nSPS) is 28.7. The molecule has 106 valence electrons. The quantitative estimate of drug-likeness (QED) is 0.896. The number of nitrogens with one attached hydrogen (secondary N) is 1. The van der Waals surface area contributed by atoms with E-state index in [0.717, 1.165) is 43.7 Å². The first kappa shape index (κ1) is 13.5. The molecular weight excluding hydrogens is 258 g/mol. The second-order valence-corrected chi connectivity index (χ2v) is 7.77. The minimum Gasteiger partial charge on any atom is -0.360 e. The zero-order valence-corrected chi connectivity index (χ0v) is 12.6. The molecule has 2 fully saturated rings. The van der Waals surface area contributed by atoms with Crippen LogP contribution in [-0.4, -0.2) is 39.7 Å². The molecule has 1 N–H and O–H groups in total. The zero-order chi connectivity index (χ0) is 13.2. The first-order valence-electron chi connectivity index (χ1n) is 7.24. The SMILES string of the molecule is CC1CN(Cc2cc(CNC3CC3)no2)CC(C)S1. The predicted octanol–water partition coefficient (Wildman–Crippen LogP) is 2.25. The third-order valence-electron chi connectivity index (χ3n) is 3.63. The zero-order valence-electron chi connectivity index (χ0n) is 11.8. The molecule has 1 saturated carbocycles. The van der Waals surface area contributed by atoms with Crippen LogP contribution in [0.3, 0.4) is 0 Å². The second kappa shape index (κ2) is 5.85. The highest BCUT2D eigenvalue weighted by molar-refractivity contribution is 8.00. The number of hydrogen-bond donors (Lipinski definition) is 1. The van der Waals surface area contributed by atoms with Gasteiger partial charge in [0.1, 0.15) is 0 Å². The molecule has 0 spiro atoms. The van der Waals surface area contributed by atoms with Crippen molar-refractivity contribution >= 4 is 11.8 Å². The average molecular weight is 281 g/mol. The maximum Gasteiger partial charge on any atom is 0.151 e. The van der Waals surface area contributed by atoms with Gasteiger partial charge < -0.3 is 9.84 Å². The molecule has 1 saturated heterocycles. The Kier molecular flexibility index (Phi) is 4.15. The van der Waals surface area contributed by atoms with Gasteiger partial charge in [-0.05, 0) is 12.8 Å². The van der Waals surface area contributed by atoms with E-state index in [1.807, 2.05) is 0 Å². The van der Waals surface area contributed by atoms with Crippen molar-refractivity contribution in [1.82, 2.24) is 15.4 Å². The van der Waals surface area contributed by atoms with Gasteiger partial charge >= 0.3 is 0 Å². The van der Waals surface area contributed by atoms with Gasteiger partial charge in [-0.3, -0.25) is 4.90 Å². The average Bonchev–Trinajstić information content (AvgIpc) is 3.06. The molecule has 1 aliphatic heterocycles. The number of hydrogen-bond acceptors (Lipinski definition) is 5. The standard InChI is InChI=1S/C14H23N3OS/c1-10-7-17(8-11(2)19-10)9-14-5-13(16-18-14)6-15-12-3-4-12/h5,10-12,15H,3-4,6-9H2,1-2H3. The van der Waals surface area contributed by atoms with Crippen molar-refractivity contribution in [2.45, 2.75) is 56.3 Å². The number of thioether (sulfide) groups is 1. The number of aromatic nitrogens is 1. The maximum absolute atomic E-state index is 5.45. The molecule has 4 nitrogen and oxygen atoms in total. The van der Waals surface area contributed by atoms with Gasteiger partial charge in [-0.25, -0.2) is 0 Å². The third-order valence-corrected chi connectivity index (χ3v) is 4.86. The summed E-state index contributed by atoms with van der Waals surface area (Å²) in [6, 6.07) is 2.83. The van der Waals surface area contributed by atoms with Crippen LogP contribution in [0.15, 0.2) is 10.6 Å². The molecule has 2 aliphatic rings. The van der Waals surface area contributed by atoms with Crippen LogP contribution < -0.4 is 5.32 Å². The summed E-state index contributed by atoms with van der Waals surface area (Å²) in [5.74, 6) is 0.999. The Labute approximate surface area is 119 Å². The van der Waals surface area contributed by atoms with Gasteiger partial charge in [0, 0.05) is 42.2 Å². The van der Waals surface area contributed by atoms with E-state index >= 15 is 0 Å². The van der Waals surface area contributed by atoms with Crippen molar-refractivity contribution in [2.75, 3.05) is 13.1 Å². The summed E-state index contributed by atoms with van der Waals surface area (Å²) in [6.07, 6.45) is 2.62. The molecule has 19 heavy (non-hydrogen) atoms. The molecule has 5 heteroatoms. The Hall–Kier alpha value is -0.520. The summed E-state index contributed by atoms with van der Waals surface area (Å²) in [5.41, 5.74) is 1.04. The van der Waals surface area contributed by atoms with E-state index in [1.165, 1.54) is 12.8 Å². The fourth-order valence-corrected chi connectivity index (χ4v) is 4.07. The van der Waals surface area contributed by atoms with E-state index in [-0.39, 0.29) is 0 Å². The summed E-state index contributed by atoms with van der Waals surface area (Å²) in [6.45, 7) is 8.64. The lowest BCUT2D eigenvalue weighted by Crippen LogP contribution is -2.39. The maximum atomic E-state index is 5.45. The number of rotatable bonds is 5. The highest BCUT2D eigenvalue weighted by atomic mass is 32.2. The van der Waals surface area contributed by atoms with Crippen molar-refractivity contribution in [2.24, 2.45) is 0 Å². The first-order valence-corrected chi connectivity index (χ1v) is 8.19. The van der Waals surface area contributed by atoms with Crippen LogP contribution in [0.25, 0.3) is 0 Å². The van der Waals surface area contributed by atoms with Crippen molar-refractivity contribution in [1.29, 1.82) is 0 Å². The van der Waals surface area contributed by atoms with Crippen LogP contribution >= 0.6 is 11.8 Å². The highest BCUT2D eigenvalue weighted by Gasteiger charge is 2.24. The van der Waals surface area contributed by atoms with E-state index in [0.29, 0.717) is 10.5 Å². The number of nitrogens with zero attached hydrogens (tertiary/aromatic N) is 2. The molecule has 2 heterocycles. The molecule has 2 atom stereocenters. The smallest absolute Gasteiger partial charge is 0.151 e. The van der Waals surface area contributed by atoms with Crippen LogP contribution in [-0.2, 0) is 13.1 Å². The summed E-state index contributed by atoms with van der Waals surface area (Å²) in [7, 11) is 0. The molecule has 0 radical (unpaired) electrons. The lowest BCUT2D eigenvalue weighted by atomic mass is 10.3. The molecule has 1 aromatic heterocycles. The molecular formula is C14H23N3OS. The Balaban J connectivity index is 1.51. The van der Waals surface area contributed by atoms with Crippen molar-refractivity contribution in [3.63, 3.8) is 0 Å². The van der Waals surface area contributed by atoms with Gasteiger partial charge in [0.05, 0.1) is 12.2 Å². The van der Waals surface area contributed by atoms with Crippen LogP contribution in [0, 0.1) is 0 Å².